The van der Waals surface area contributed by atoms with Crippen molar-refractivity contribution in [3.8, 4) is 11.5 Å². The first-order valence-electron chi connectivity index (χ1n) is 6.86. The molecule has 0 atom stereocenters. The Morgan fingerprint density at radius 1 is 1.00 bits per heavy atom. The van der Waals surface area contributed by atoms with E-state index in [4.69, 9.17) is 9.15 Å². The van der Waals surface area contributed by atoms with Crippen LogP contribution in [0.3, 0.4) is 0 Å². The molecule has 0 spiro atoms. The molecule has 1 heterocycles. The summed E-state index contributed by atoms with van der Waals surface area (Å²) in [6.07, 6.45) is 0. The van der Waals surface area contributed by atoms with Crippen molar-refractivity contribution in [3.05, 3.63) is 70.1 Å². The maximum atomic E-state index is 11.4. The predicted octanol–water partition coefficient (Wildman–Crippen LogP) is 4.10. The minimum Gasteiger partial charge on any atom is -0.457 e. The summed E-state index contributed by atoms with van der Waals surface area (Å²) >= 11 is 0. The molecule has 110 valence electrons. The second-order valence-electron chi connectivity index (χ2n) is 5.09. The van der Waals surface area contributed by atoms with Crippen molar-refractivity contribution in [1.82, 2.24) is 0 Å². The summed E-state index contributed by atoms with van der Waals surface area (Å²) in [5.41, 5.74) is 1.60. The molecule has 0 aliphatic carbocycles. The van der Waals surface area contributed by atoms with Crippen LogP contribution in [0.1, 0.15) is 22.8 Å². The first-order valence-corrected chi connectivity index (χ1v) is 6.86. The molecule has 2 aromatic carbocycles. The number of Topliss-reactive ketones (excluding diaryl/α,β-unsaturated/α-hetero) is 1. The van der Waals surface area contributed by atoms with E-state index >= 15 is 0 Å². The average molecular weight is 294 g/mol. The summed E-state index contributed by atoms with van der Waals surface area (Å²) < 4.78 is 10.9. The maximum absolute atomic E-state index is 11.4. The van der Waals surface area contributed by atoms with Gasteiger partial charge >= 0.3 is 5.63 Å². The summed E-state index contributed by atoms with van der Waals surface area (Å²) in [6.45, 7) is 3.38. The van der Waals surface area contributed by atoms with Gasteiger partial charge in [-0.3, -0.25) is 4.79 Å². The minimum atomic E-state index is -0.382. The average Bonchev–Trinajstić information content (AvgIpc) is 2.47. The van der Waals surface area contributed by atoms with Crippen LogP contribution in [0.25, 0.3) is 11.0 Å². The van der Waals surface area contributed by atoms with Crippen LogP contribution in [0, 0.1) is 6.92 Å². The maximum Gasteiger partial charge on any atom is 0.336 e. The van der Waals surface area contributed by atoms with Crippen LogP contribution in [-0.2, 0) is 0 Å². The number of rotatable bonds is 3. The number of fused-ring (bicyclic) bond motifs is 1. The van der Waals surface area contributed by atoms with E-state index in [1.165, 1.54) is 13.0 Å². The monoisotopic (exact) mass is 294 g/mol. The number of benzene rings is 2. The normalized spacial score (nSPS) is 10.6. The van der Waals surface area contributed by atoms with Crippen LogP contribution in [0.4, 0.5) is 0 Å². The Kier molecular flexibility index (Phi) is 3.51. The van der Waals surface area contributed by atoms with Gasteiger partial charge in [-0.2, -0.15) is 0 Å². The van der Waals surface area contributed by atoms with Crippen molar-refractivity contribution in [2.75, 3.05) is 0 Å². The van der Waals surface area contributed by atoms with Crippen molar-refractivity contribution >= 4 is 16.8 Å². The lowest BCUT2D eigenvalue weighted by Gasteiger charge is -2.07. The summed E-state index contributed by atoms with van der Waals surface area (Å²) in [7, 11) is 0. The number of hydrogen-bond acceptors (Lipinski definition) is 4. The third-order valence-corrected chi connectivity index (χ3v) is 3.42. The Balaban J connectivity index is 1.93. The Bertz CT molecular complexity index is 905. The largest absolute Gasteiger partial charge is 0.457 e. The fraction of sp³-hybridized carbons (Fsp3) is 0.111. The smallest absolute Gasteiger partial charge is 0.336 e. The number of hydrogen-bond donors (Lipinski definition) is 0. The minimum absolute atomic E-state index is 0.00880. The molecular formula is C18H14O4. The van der Waals surface area contributed by atoms with Gasteiger partial charge < -0.3 is 9.15 Å². The SMILES string of the molecule is CC(=O)c1ccc(Oc2ccc3c(C)cc(=O)oc3c2)cc1. The van der Waals surface area contributed by atoms with Gasteiger partial charge in [-0.1, -0.05) is 0 Å². The van der Waals surface area contributed by atoms with Crippen LogP contribution in [-0.4, -0.2) is 5.78 Å². The summed E-state index contributed by atoms with van der Waals surface area (Å²) in [4.78, 5) is 22.7. The highest BCUT2D eigenvalue weighted by atomic mass is 16.5. The Morgan fingerprint density at radius 3 is 2.36 bits per heavy atom. The molecule has 3 rings (SSSR count). The second-order valence-corrected chi connectivity index (χ2v) is 5.09. The van der Waals surface area contributed by atoms with Crippen molar-refractivity contribution < 1.29 is 13.9 Å². The van der Waals surface area contributed by atoms with Gasteiger partial charge in [0.2, 0.25) is 0 Å². The first-order chi connectivity index (χ1) is 10.5. The highest BCUT2D eigenvalue weighted by Crippen LogP contribution is 2.26. The zero-order valence-corrected chi connectivity index (χ0v) is 12.3. The van der Waals surface area contributed by atoms with E-state index in [0.29, 0.717) is 22.6 Å². The summed E-state index contributed by atoms with van der Waals surface area (Å²) in [5, 5.41) is 0.874. The molecular weight excluding hydrogens is 280 g/mol. The standard InChI is InChI=1S/C18H14O4/c1-11-9-18(20)22-17-10-15(7-8-16(11)17)21-14-5-3-13(4-6-14)12(2)19/h3-10H,1-2H3. The Labute approximate surface area is 127 Å². The van der Waals surface area contributed by atoms with Crippen molar-refractivity contribution in [3.63, 3.8) is 0 Å². The topological polar surface area (TPSA) is 56.5 Å². The van der Waals surface area contributed by atoms with E-state index in [1.807, 2.05) is 19.1 Å². The zero-order chi connectivity index (χ0) is 15.7. The Morgan fingerprint density at radius 2 is 1.68 bits per heavy atom. The third kappa shape index (κ3) is 2.76. The highest BCUT2D eigenvalue weighted by molar-refractivity contribution is 5.94. The van der Waals surface area contributed by atoms with Gasteiger partial charge in [0.15, 0.2) is 5.78 Å². The van der Waals surface area contributed by atoms with E-state index in [0.717, 1.165) is 10.9 Å². The molecule has 0 unspecified atom stereocenters. The lowest BCUT2D eigenvalue weighted by Crippen LogP contribution is -1.97. The molecule has 0 N–H and O–H groups in total. The number of aryl methyl sites for hydroxylation is 1. The molecule has 0 saturated carbocycles. The van der Waals surface area contributed by atoms with E-state index in [-0.39, 0.29) is 11.4 Å². The van der Waals surface area contributed by atoms with E-state index in [1.54, 1.807) is 30.3 Å². The van der Waals surface area contributed by atoms with Gasteiger partial charge in [0.05, 0.1) is 0 Å². The molecule has 0 radical (unpaired) electrons. The molecule has 0 saturated heterocycles. The van der Waals surface area contributed by atoms with Gasteiger partial charge in [-0.15, -0.1) is 0 Å². The van der Waals surface area contributed by atoms with E-state index in [9.17, 15) is 9.59 Å². The molecule has 0 amide bonds. The van der Waals surface area contributed by atoms with Gasteiger partial charge in [-0.05, 0) is 55.8 Å². The molecule has 22 heavy (non-hydrogen) atoms. The van der Waals surface area contributed by atoms with E-state index < -0.39 is 0 Å². The van der Waals surface area contributed by atoms with Gasteiger partial charge in [0.1, 0.15) is 17.1 Å². The van der Waals surface area contributed by atoms with Crippen molar-refractivity contribution in [2.45, 2.75) is 13.8 Å². The lowest BCUT2D eigenvalue weighted by atomic mass is 10.1. The second kappa shape index (κ2) is 5.48. The van der Waals surface area contributed by atoms with Crippen LogP contribution in [0.2, 0.25) is 0 Å². The predicted molar refractivity (Wildman–Crippen MR) is 83.7 cm³/mol. The van der Waals surface area contributed by atoms with Gasteiger partial charge in [-0.25, -0.2) is 4.79 Å². The Hall–Kier alpha value is -2.88. The fourth-order valence-electron chi connectivity index (χ4n) is 2.26. The zero-order valence-electron chi connectivity index (χ0n) is 12.3. The third-order valence-electron chi connectivity index (χ3n) is 3.42. The van der Waals surface area contributed by atoms with Gasteiger partial charge in [0, 0.05) is 23.1 Å². The van der Waals surface area contributed by atoms with Crippen molar-refractivity contribution in [1.29, 1.82) is 0 Å². The molecule has 4 heteroatoms. The van der Waals surface area contributed by atoms with E-state index in [2.05, 4.69) is 0 Å². The molecule has 0 fully saturated rings. The summed E-state index contributed by atoms with van der Waals surface area (Å²) in [5.74, 6) is 1.19. The van der Waals surface area contributed by atoms with Crippen LogP contribution in [0.5, 0.6) is 11.5 Å². The van der Waals surface area contributed by atoms with Crippen molar-refractivity contribution in [2.24, 2.45) is 0 Å². The number of ketones is 1. The van der Waals surface area contributed by atoms with Gasteiger partial charge in [0.25, 0.3) is 0 Å². The quantitative estimate of drug-likeness (QED) is 0.539. The first kappa shape index (κ1) is 14.1. The molecule has 3 aromatic rings. The number of carbonyl (C=O) groups excluding carboxylic acids is 1. The molecule has 4 nitrogen and oxygen atoms in total. The molecule has 0 bridgehead atoms. The van der Waals surface area contributed by atoms with Crippen LogP contribution >= 0.6 is 0 Å². The van der Waals surface area contributed by atoms with Crippen LogP contribution < -0.4 is 10.4 Å². The molecule has 0 aliphatic rings. The molecule has 1 aromatic heterocycles. The molecule has 0 aliphatic heterocycles. The number of carbonyl (C=O) groups is 1. The summed E-state index contributed by atoms with van der Waals surface area (Å²) in [6, 6.07) is 13.7. The lowest BCUT2D eigenvalue weighted by molar-refractivity contribution is 0.101. The highest BCUT2D eigenvalue weighted by Gasteiger charge is 2.05. The van der Waals surface area contributed by atoms with Crippen LogP contribution in [0.15, 0.2) is 57.7 Å². The fourth-order valence-corrected chi connectivity index (χ4v) is 2.26. The number of ether oxygens (including phenoxy) is 1.